The van der Waals surface area contributed by atoms with Crippen LogP contribution in [0.5, 0.6) is 0 Å². The highest BCUT2D eigenvalue weighted by molar-refractivity contribution is 5.68. The lowest BCUT2D eigenvalue weighted by Gasteiger charge is -2.33. The van der Waals surface area contributed by atoms with Gasteiger partial charge >= 0.3 is 12.2 Å². The second-order valence-electron chi connectivity index (χ2n) is 11.8. The first-order valence-electron chi connectivity index (χ1n) is 12.9. The normalized spacial score (nSPS) is 18.4. The molecule has 0 N–H and O–H groups in total. The highest BCUT2D eigenvalue weighted by Crippen LogP contribution is 2.28. The average molecular weight is 501 g/mol. The number of piperidine rings is 2. The number of amides is 2. The maximum atomic E-state index is 12.3. The van der Waals surface area contributed by atoms with Crippen LogP contribution in [0.25, 0.3) is 11.1 Å². The third-order valence-electron chi connectivity index (χ3n) is 6.52. The van der Waals surface area contributed by atoms with E-state index in [-0.39, 0.29) is 24.3 Å². The van der Waals surface area contributed by atoms with Crippen LogP contribution in [0.1, 0.15) is 79.3 Å². The van der Waals surface area contributed by atoms with Gasteiger partial charge in [-0.1, -0.05) is 0 Å². The zero-order valence-electron chi connectivity index (χ0n) is 22.4. The highest BCUT2D eigenvalue weighted by Gasteiger charge is 2.29. The molecule has 2 aromatic heterocycles. The summed E-state index contributed by atoms with van der Waals surface area (Å²) in [5.74, 6) is 0. The molecule has 4 rings (SSSR count). The van der Waals surface area contributed by atoms with Gasteiger partial charge in [-0.25, -0.2) is 9.59 Å². The summed E-state index contributed by atoms with van der Waals surface area (Å²) in [5.41, 5.74) is 1.10. The number of hydrogen-bond donors (Lipinski definition) is 0. The van der Waals surface area contributed by atoms with Gasteiger partial charge in [-0.15, -0.1) is 0 Å². The molecular formula is C26H40N6O4. The van der Waals surface area contributed by atoms with E-state index < -0.39 is 11.2 Å². The van der Waals surface area contributed by atoms with Crippen molar-refractivity contribution in [1.29, 1.82) is 0 Å². The van der Waals surface area contributed by atoms with Crippen molar-refractivity contribution in [1.82, 2.24) is 29.4 Å². The zero-order valence-corrected chi connectivity index (χ0v) is 22.4. The van der Waals surface area contributed by atoms with E-state index in [0.29, 0.717) is 26.2 Å². The molecule has 2 aliphatic heterocycles. The van der Waals surface area contributed by atoms with Crippen LogP contribution in [0.15, 0.2) is 24.8 Å². The smallest absolute Gasteiger partial charge is 0.410 e. The van der Waals surface area contributed by atoms with Gasteiger partial charge in [0.2, 0.25) is 0 Å². The molecule has 4 heterocycles. The molecule has 36 heavy (non-hydrogen) atoms. The van der Waals surface area contributed by atoms with Crippen molar-refractivity contribution in [2.24, 2.45) is 0 Å². The second kappa shape index (κ2) is 10.1. The maximum absolute atomic E-state index is 12.3. The molecule has 0 unspecified atom stereocenters. The Morgan fingerprint density at radius 2 is 1.03 bits per heavy atom. The van der Waals surface area contributed by atoms with E-state index in [4.69, 9.17) is 9.47 Å². The first kappa shape index (κ1) is 26.0. The molecule has 0 saturated carbocycles. The SMILES string of the molecule is CC(C)(C)OC(=O)N1CCC(n2cc(-c3cnn(C4CCN(C(=O)OC(C)(C)C)CC4)c3)cn2)CC1. The van der Waals surface area contributed by atoms with E-state index in [1.54, 1.807) is 9.80 Å². The lowest BCUT2D eigenvalue weighted by Crippen LogP contribution is -2.42. The number of carbonyl (C=O) groups is 2. The number of aromatic nitrogens is 4. The summed E-state index contributed by atoms with van der Waals surface area (Å²) in [6.45, 7) is 14.0. The lowest BCUT2D eigenvalue weighted by atomic mass is 10.1. The minimum atomic E-state index is -0.482. The van der Waals surface area contributed by atoms with Gasteiger partial charge in [0.15, 0.2) is 0 Å². The third kappa shape index (κ3) is 6.59. The first-order chi connectivity index (χ1) is 16.9. The molecule has 10 nitrogen and oxygen atoms in total. The molecule has 2 aliphatic rings. The van der Waals surface area contributed by atoms with Gasteiger partial charge in [-0.2, -0.15) is 10.2 Å². The van der Waals surface area contributed by atoms with Crippen LogP contribution >= 0.6 is 0 Å². The largest absolute Gasteiger partial charge is 0.444 e. The van der Waals surface area contributed by atoms with Crippen molar-refractivity contribution in [2.75, 3.05) is 26.2 Å². The number of likely N-dealkylation sites (tertiary alicyclic amines) is 2. The maximum Gasteiger partial charge on any atom is 0.410 e. The molecule has 198 valence electrons. The van der Waals surface area contributed by atoms with Gasteiger partial charge in [0.05, 0.1) is 24.5 Å². The quantitative estimate of drug-likeness (QED) is 0.596. The van der Waals surface area contributed by atoms with Gasteiger partial charge in [-0.3, -0.25) is 9.36 Å². The van der Waals surface area contributed by atoms with Crippen molar-refractivity contribution < 1.29 is 19.1 Å². The van der Waals surface area contributed by atoms with Crippen molar-refractivity contribution in [3.05, 3.63) is 24.8 Å². The number of nitrogens with zero attached hydrogens (tertiary/aromatic N) is 6. The van der Waals surface area contributed by atoms with Gasteiger partial charge in [0.1, 0.15) is 11.2 Å². The predicted molar refractivity (Wildman–Crippen MR) is 136 cm³/mol. The fraction of sp³-hybridized carbons (Fsp3) is 0.692. The Labute approximate surface area is 213 Å². The topological polar surface area (TPSA) is 94.7 Å². The van der Waals surface area contributed by atoms with E-state index in [1.807, 2.05) is 63.3 Å². The van der Waals surface area contributed by atoms with E-state index in [9.17, 15) is 9.59 Å². The molecule has 0 bridgehead atoms. The highest BCUT2D eigenvalue weighted by atomic mass is 16.6. The Morgan fingerprint density at radius 3 is 1.33 bits per heavy atom. The molecule has 0 aromatic carbocycles. The van der Waals surface area contributed by atoms with Gasteiger partial charge in [0, 0.05) is 49.7 Å². The van der Waals surface area contributed by atoms with Crippen LogP contribution in [0, 0.1) is 0 Å². The monoisotopic (exact) mass is 500 g/mol. The van der Waals surface area contributed by atoms with Crippen LogP contribution in [0.4, 0.5) is 9.59 Å². The van der Waals surface area contributed by atoms with Crippen molar-refractivity contribution >= 4 is 12.2 Å². The van der Waals surface area contributed by atoms with E-state index in [0.717, 1.165) is 36.8 Å². The molecule has 2 aromatic rings. The standard InChI is InChI=1S/C26H40N6O4/c1-25(2,3)35-23(33)29-11-7-21(8-12-29)31-17-19(15-27-31)20-16-28-32(18-20)22-9-13-30(14-10-22)24(34)36-26(4,5)6/h15-18,21-22H,7-14H2,1-6H3. The zero-order chi connectivity index (χ0) is 26.1. The fourth-order valence-electron chi connectivity index (χ4n) is 4.65. The lowest BCUT2D eigenvalue weighted by molar-refractivity contribution is 0.0174. The van der Waals surface area contributed by atoms with Crippen LogP contribution < -0.4 is 0 Å². The van der Waals surface area contributed by atoms with E-state index >= 15 is 0 Å². The molecule has 10 heteroatoms. The second-order valence-corrected chi connectivity index (χ2v) is 11.8. The summed E-state index contributed by atoms with van der Waals surface area (Å²) >= 11 is 0. The minimum Gasteiger partial charge on any atom is -0.444 e. The summed E-state index contributed by atoms with van der Waals surface area (Å²) < 4.78 is 15.0. The first-order valence-corrected chi connectivity index (χ1v) is 12.9. The summed E-state index contributed by atoms with van der Waals surface area (Å²) in [5, 5.41) is 9.23. The Kier molecular flexibility index (Phi) is 7.33. The predicted octanol–water partition coefficient (Wildman–Crippen LogP) is 4.89. The third-order valence-corrected chi connectivity index (χ3v) is 6.52. The molecule has 0 atom stereocenters. The minimum absolute atomic E-state index is 0.244. The number of ether oxygens (including phenoxy) is 2. The number of hydrogen-bond acceptors (Lipinski definition) is 6. The average Bonchev–Trinajstić information content (AvgIpc) is 3.47. The van der Waals surface area contributed by atoms with Crippen LogP contribution in [0.3, 0.4) is 0 Å². The summed E-state index contributed by atoms with van der Waals surface area (Å²) in [6, 6.07) is 0.509. The summed E-state index contributed by atoms with van der Waals surface area (Å²) in [4.78, 5) is 28.2. The van der Waals surface area contributed by atoms with Crippen molar-refractivity contribution in [2.45, 2.75) is 90.5 Å². The molecular weight excluding hydrogens is 460 g/mol. The van der Waals surface area contributed by atoms with Gasteiger partial charge in [-0.05, 0) is 67.2 Å². The van der Waals surface area contributed by atoms with Crippen LogP contribution in [-0.4, -0.2) is 78.9 Å². The van der Waals surface area contributed by atoms with E-state index in [2.05, 4.69) is 22.6 Å². The molecule has 2 amide bonds. The Morgan fingerprint density at radius 1 is 0.694 bits per heavy atom. The Balaban J connectivity index is 1.30. The summed E-state index contributed by atoms with van der Waals surface area (Å²) in [6.07, 6.45) is 10.8. The van der Waals surface area contributed by atoms with Crippen LogP contribution in [-0.2, 0) is 9.47 Å². The Hall–Kier alpha value is -3.04. The van der Waals surface area contributed by atoms with Gasteiger partial charge < -0.3 is 19.3 Å². The fourth-order valence-corrected chi connectivity index (χ4v) is 4.65. The number of carbonyl (C=O) groups excluding carboxylic acids is 2. The molecule has 0 radical (unpaired) electrons. The molecule has 2 saturated heterocycles. The van der Waals surface area contributed by atoms with Gasteiger partial charge in [0.25, 0.3) is 0 Å². The summed E-state index contributed by atoms with van der Waals surface area (Å²) in [7, 11) is 0. The molecule has 2 fully saturated rings. The Bertz CT molecular complexity index is 963. The van der Waals surface area contributed by atoms with Crippen LogP contribution in [0.2, 0.25) is 0 Å². The van der Waals surface area contributed by atoms with E-state index in [1.165, 1.54) is 0 Å². The van der Waals surface area contributed by atoms with Crippen molar-refractivity contribution in [3.8, 4) is 11.1 Å². The molecule has 0 aliphatic carbocycles. The number of rotatable bonds is 3. The molecule has 0 spiro atoms. The van der Waals surface area contributed by atoms with Crippen molar-refractivity contribution in [3.63, 3.8) is 0 Å².